The summed E-state index contributed by atoms with van der Waals surface area (Å²) in [6, 6.07) is 6.09. The van der Waals surface area contributed by atoms with Crippen LogP contribution in [0.15, 0.2) is 29.1 Å². The fraction of sp³-hybridized carbons (Fsp3) is 0.538. The number of pyridine rings is 1. The lowest BCUT2D eigenvalue weighted by Crippen LogP contribution is -2.44. The number of carbonyl (C=O) groups excluding carboxylic acids is 1. The van der Waals surface area contributed by atoms with Crippen LogP contribution in [-0.2, 0) is 29.2 Å². The molecule has 0 aliphatic heterocycles. The molecule has 2 aromatic rings. The predicted octanol–water partition coefficient (Wildman–Crippen LogP) is 3.82. The number of nitrogens with zero attached hydrogens (tertiary/aromatic N) is 2. The number of hydrogen-bond acceptors (Lipinski definition) is 7. The molecule has 2 atom stereocenters. The third kappa shape index (κ3) is 6.39. The highest BCUT2D eigenvalue weighted by Gasteiger charge is 2.54. The minimum absolute atomic E-state index is 0.00995. The molecule has 0 radical (unpaired) electrons. The van der Waals surface area contributed by atoms with E-state index in [-0.39, 0.29) is 34.7 Å². The van der Waals surface area contributed by atoms with E-state index in [2.05, 4.69) is 5.32 Å². The highest BCUT2D eigenvalue weighted by Crippen LogP contribution is 2.48. The van der Waals surface area contributed by atoms with Crippen LogP contribution in [0.4, 0.5) is 26.4 Å². The molecule has 1 amide bonds. The molecule has 1 heterocycles. The molecule has 1 fully saturated rings. The maximum Gasteiger partial charge on any atom is 0.427 e. The lowest BCUT2D eigenvalue weighted by atomic mass is 10.1. The number of carbonyl (C=O) groups is 1. The first-order valence-electron chi connectivity index (χ1n) is 12.2. The number of aliphatic hydroxyl groups excluding tert-OH is 2. The summed E-state index contributed by atoms with van der Waals surface area (Å²) in [5, 5.41) is 22.4. The van der Waals surface area contributed by atoms with Gasteiger partial charge in [0.25, 0.3) is 5.56 Å². The van der Waals surface area contributed by atoms with Gasteiger partial charge in [0, 0.05) is 12.6 Å². The summed E-state index contributed by atoms with van der Waals surface area (Å²) in [5.74, 6) is -0.496. The van der Waals surface area contributed by atoms with E-state index in [1.165, 1.54) is 29.8 Å². The van der Waals surface area contributed by atoms with Crippen LogP contribution >= 0.6 is 0 Å². The number of ether oxygens (including phenoxy) is 1. The number of aryl methyl sites for hydroxylation is 2. The van der Waals surface area contributed by atoms with Crippen molar-refractivity contribution >= 4 is 34.3 Å². The van der Waals surface area contributed by atoms with Gasteiger partial charge in [-0.25, -0.2) is 13.4 Å². The Morgan fingerprint density at radius 2 is 1.97 bits per heavy atom. The first-order valence-corrected chi connectivity index (χ1v) is 13.3. The normalized spacial score (nSPS) is 16.1. The second-order valence-electron chi connectivity index (χ2n) is 10.5. The molecule has 1 aliphatic carbocycles. The van der Waals surface area contributed by atoms with Crippen molar-refractivity contribution in [2.24, 2.45) is 7.05 Å². The van der Waals surface area contributed by atoms with Crippen molar-refractivity contribution < 1.29 is 28.3 Å². The van der Waals surface area contributed by atoms with Crippen LogP contribution in [0.5, 0.6) is 0 Å². The molecule has 1 aromatic carbocycles. The number of amides is 1. The second kappa shape index (κ2) is 10.9. The zero-order valence-corrected chi connectivity index (χ0v) is 22.9. The molecule has 37 heavy (non-hydrogen) atoms. The summed E-state index contributed by atoms with van der Waals surface area (Å²) < 4.78 is 35.8. The molecule has 0 saturated heterocycles. The van der Waals surface area contributed by atoms with Crippen molar-refractivity contribution in [1.82, 2.24) is 4.57 Å². The fourth-order valence-corrected chi connectivity index (χ4v) is 5.68. The number of aliphatic hydroxyl groups is 2. The van der Waals surface area contributed by atoms with Gasteiger partial charge in [0.2, 0.25) is 0 Å². The smallest absolute Gasteiger partial charge is 0.427 e. The molecule has 11 heteroatoms. The molecule has 1 aromatic heterocycles. The summed E-state index contributed by atoms with van der Waals surface area (Å²) in [5.41, 5.74) is -0.110. The Morgan fingerprint density at radius 3 is 2.49 bits per heavy atom. The zero-order valence-electron chi connectivity index (χ0n) is 22.1. The maximum atomic E-state index is 14.9. The molecule has 3 rings (SSSR count). The summed E-state index contributed by atoms with van der Waals surface area (Å²) in [6.07, 6.45) is -0.474. The van der Waals surface area contributed by atoms with E-state index >= 15 is 0 Å². The van der Waals surface area contributed by atoms with Gasteiger partial charge in [-0.1, -0.05) is 13.0 Å². The monoisotopic (exact) mass is 537 g/mol. The minimum atomic E-state index is -2.06. The van der Waals surface area contributed by atoms with E-state index in [1.54, 1.807) is 33.8 Å². The van der Waals surface area contributed by atoms with Crippen molar-refractivity contribution in [3.63, 3.8) is 0 Å². The Hall–Kier alpha value is -2.76. The number of benzene rings is 1. The van der Waals surface area contributed by atoms with E-state index in [0.717, 1.165) is 9.87 Å². The van der Waals surface area contributed by atoms with Crippen LogP contribution in [-0.4, -0.2) is 48.1 Å². The van der Waals surface area contributed by atoms with Gasteiger partial charge in [-0.2, -0.15) is 4.31 Å². The number of anilines is 3. The van der Waals surface area contributed by atoms with E-state index in [1.807, 2.05) is 6.92 Å². The summed E-state index contributed by atoms with van der Waals surface area (Å²) in [4.78, 5) is 26.4. The average molecular weight is 538 g/mol. The maximum absolute atomic E-state index is 14.9. The lowest BCUT2D eigenvalue weighted by molar-refractivity contribution is 0.0608. The topological polar surface area (TPSA) is 121 Å². The highest BCUT2D eigenvalue weighted by atomic mass is 32.2. The molecular weight excluding hydrogens is 501 g/mol. The molecule has 9 nitrogen and oxygen atoms in total. The van der Waals surface area contributed by atoms with E-state index < -0.39 is 46.0 Å². The molecule has 0 spiro atoms. The standard InChI is InChI=1S/C26H36FN3O6S/c1-7-17-8-9-20(19(27)13-17)28-22-21(12-16(2)23(33)29(22)6)30(24(34)36-25(3,4)5)37(35)26(10-11-26)14-18(32)15-31/h8-9,12-13,18,28,31-32H,7,10-11,14-15H2,1-6H3. The Kier molecular flexibility index (Phi) is 8.50. The van der Waals surface area contributed by atoms with Crippen molar-refractivity contribution in [3.8, 4) is 0 Å². The van der Waals surface area contributed by atoms with Gasteiger partial charge in [0.05, 0.1) is 23.1 Å². The van der Waals surface area contributed by atoms with Crippen LogP contribution in [0.1, 0.15) is 58.1 Å². The first-order chi connectivity index (χ1) is 17.2. The van der Waals surface area contributed by atoms with Crippen molar-refractivity contribution in [1.29, 1.82) is 0 Å². The summed E-state index contributed by atoms with van der Waals surface area (Å²) in [7, 11) is -0.588. The van der Waals surface area contributed by atoms with E-state index in [0.29, 0.717) is 19.3 Å². The summed E-state index contributed by atoms with van der Waals surface area (Å²) >= 11 is 0. The van der Waals surface area contributed by atoms with Gasteiger partial charge in [-0.05, 0) is 77.1 Å². The van der Waals surface area contributed by atoms with Crippen LogP contribution in [0, 0.1) is 12.7 Å². The largest absolute Gasteiger partial charge is 0.443 e. The van der Waals surface area contributed by atoms with E-state index in [9.17, 15) is 28.4 Å². The van der Waals surface area contributed by atoms with Crippen LogP contribution in [0.2, 0.25) is 0 Å². The molecule has 1 saturated carbocycles. The molecule has 204 valence electrons. The zero-order chi connectivity index (χ0) is 27.7. The number of aromatic nitrogens is 1. The molecule has 1 aliphatic rings. The summed E-state index contributed by atoms with van der Waals surface area (Å²) in [6.45, 7) is 7.97. The van der Waals surface area contributed by atoms with E-state index in [4.69, 9.17) is 4.74 Å². The molecule has 2 unspecified atom stereocenters. The first kappa shape index (κ1) is 28.8. The minimum Gasteiger partial charge on any atom is -0.443 e. The van der Waals surface area contributed by atoms with Gasteiger partial charge in [0.15, 0.2) is 0 Å². The quantitative estimate of drug-likeness (QED) is 0.445. The number of halogens is 1. The lowest BCUT2D eigenvalue weighted by Gasteiger charge is -2.31. The van der Waals surface area contributed by atoms with Crippen molar-refractivity contribution in [2.45, 2.75) is 76.8 Å². The molecule has 0 bridgehead atoms. The van der Waals surface area contributed by atoms with Crippen molar-refractivity contribution in [3.05, 3.63) is 51.6 Å². The Bertz CT molecular complexity index is 1250. The average Bonchev–Trinajstić information content (AvgIpc) is 3.60. The Balaban J connectivity index is 2.19. The van der Waals surface area contributed by atoms with Crippen LogP contribution in [0.25, 0.3) is 0 Å². The number of nitrogens with one attached hydrogen (secondary N) is 1. The van der Waals surface area contributed by atoms with Crippen molar-refractivity contribution in [2.75, 3.05) is 16.2 Å². The fourth-order valence-electron chi connectivity index (χ4n) is 4.02. The predicted molar refractivity (Wildman–Crippen MR) is 142 cm³/mol. The Labute approximate surface area is 218 Å². The number of hydrogen-bond donors (Lipinski definition) is 3. The molecular formula is C26H36FN3O6S. The van der Waals surface area contributed by atoms with Gasteiger partial charge in [0.1, 0.15) is 33.9 Å². The van der Waals surface area contributed by atoms with Crippen LogP contribution < -0.4 is 15.2 Å². The third-order valence-electron chi connectivity index (χ3n) is 6.21. The SMILES string of the molecule is CCc1ccc(Nc2c(N(C(=O)OC(C)(C)C)S(=O)C3(CC(O)CO)CC3)cc(C)c(=O)n2C)c(F)c1. The van der Waals surface area contributed by atoms with Gasteiger partial charge < -0.3 is 20.3 Å². The molecule has 3 N–H and O–H groups in total. The van der Waals surface area contributed by atoms with Gasteiger partial charge in [-0.3, -0.25) is 9.36 Å². The van der Waals surface area contributed by atoms with Gasteiger partial charge >= 0.3 is 6.09 Å². The second-order valence-corrected chi connectivity index (χ2v) is 12.2. The Morgan fingerprint density at radius 1 is 1.32 bits per heavy atom. The van der Waals surface area contributed by atoms with Gasteiger partial charge in [-0.15, -0.1) is 0 Å². The van der Waals surface area contributed by atoms with Crippen LogP contribution in [0.3, 0.4) is 0 Å². The highest BCUT2D eigenvalue weighted by molar-refractivity contribution is 7.89. The third-order valence-corrected chi connectivity index (χ3v) is 8.20. The number of rotatable bonds is 9.